The average molecular weight is 399 g/mol. The summed E-state index contributed by atoms with van der Waals surface area (Å²) in [7, 11) is 1.69. The van der Waals surface area contributed by atoms with Crippen LogP contribution in [-0.2, 0) is 11.3 Å². The van der Waals surface area contributed by atoms with Crippen LogP contribution in [0, 0.1) is 0 Å². The maximum absolute atomic E-state index is 12.2. The van der Waals surface area contributed by atoms with Gasteiger partial charge in [-0.1, -0.05) is 22.0 Å². The highest BCUT2D eigenvalue weighted by atomic mass is 79.9. The number of rotatable bonds is 3. The molecule has 1 saturated heterocycles. The number of carbonyl (C=O) groups is 1. The topological polar surface area (TPSA) is 42.0 Å². The van der Waals surface area contributed by atoms with Crippen LogP contribution in [0.5, 0.6) is 5.75 Å². The van der Waals surface area contributed by atoms with E-state index in [9.17, 15) is 4.79 Å². The van der Waals surface area contributed by atoms with E-state index in [1.54, 1.807) is 12.0 Å². The van der Waals surface area contributed by atoms with Crippen molar-refractivity contribution in [2.75, 3.05) is 26.7 Å². The first-order valence-electron chi connectivity index (χ1n) is 8.24. The summed E-state index contributed by atoms with van der Waals surface area (Å²) in [5.41, 5.74) is 0.678. The van der Waals surface area contributed by atoms with Gasteiger partial charge in [-0.15, -0.1) is 0 Å². The molecule has 134 valence electrons. The lowest BCUT2D eigenvalue weighted by Crippen LogP contribution is -2.54. The molecule has 1 fully saturated rings. The third-order valence-electron chi connectivity index (χ3n) is 4.07. The van der Waals surface area contributed by atoms with Gasteiger partial charge in [0.15, 0.2) is 0 Å². The maximum atomic E-state index is 12.2. The molecule has 0 radical (unpaired) electrons. The van der Waals surface area contributed by atoms with Gasteiger partial charge in [0.2, 0.25) is 0 Å². The SMILES string of the molecule is COc1cccc(Br)c1CN1CCN(C(=O)OC(C)(C)C)C[C@@H]1C. The molecule has 2 rings (SSSR count). The highest BCUT2D eigenvalue weighted by Gasteiger charge is 2.30. The van der Waals surface area contributed by atoms with Crippen LogP contribution < -0.4 is 4.74 Å². The van der Waals surface area contributed by atoms with E-state index in [4.69, 9.17) is 9.47 Å². The van der Waals surface area contributed by atoms with Gasteiger partial charge >= 0.3 is 6.09 Å². The zero-order chi connectivity index (χ0) is 17.9. The van der Waals surface area contributed by atoms with Gasteiger partial charge in [0.1, 0.15) is 11.4 Å². The van der Waals surface area contributed by atoms with Gasteiger partial charge in [-0.25, -0.2) is 4.79 Å². The number of methoxy groups -OCH3 is 1. The monoisotopic (exact) mass is 398 g/mol. The van der Waals surface area contributed by atoms with Gasteiger partial charge in [0, 0.05) is 42.3 Å². The molecule has 1 aromatic carbocycles. The fourth-order valence-corrected chi connectivity index (χ4v) is 3.28. The van der Waals surface area contributed by atoms with E-state index < -0.39 is 5.60 Å². The number of hydrogen-bond acceptors (Lipinski definition) is 4. The molecule has 0 spiro atoms. The zero-order valence-electron chi connectivity index (χ0n) is 15.1. The molecule has 1 aliphatic heterocycles. The molecule has 0 aromatic heterocycles. The summed E-state index contributed by atoms with van der Waals surface area (Å²) in [4.78, 5) is 16.4. The fraction of sp³-hybridized carbons (Fsp3) is 0.611. The number of amides is 1. The molecule has 1 amide bonds. The predicted molar refractivity (Wildman–Crippen MR) is 98.4 cm³/mol. The highest BCUT2D eigenvalue weighted by Crippen LogP contribution is 2.29. The third kappa shape index (κ3) is 4.86. The molecule has 0 unspecified atom stereocenters. The Morgan fingerprint density at radius 3 is 2.62 bits per heavy atom. The van der Waals surface area contributed by atoms with Crippen molar-refractivity contribution < 1.29 is 14.3 Å². The first kappa shape index (κ1) is 19.1. The van der Waals surface area contributed by atoms with E-state index in [-0.39, 0.29) is 12.1 Å². The Kier molecular flexibility index (Phi) is 6.15. The second kappa shape index (κ2) is 7.74. The van der Waals surface area contributed by atoms with E-state index in [2.05, 4.69) is 27.8 Å². The summed E-state index contributed by atoms with van der Waals surface area (Å²) in [5.74, 6) is 0.881. The normalized spacial score (nSPS) is 19.2. The van der Waals surface area contributed by atoms with E-state index >= 15 is 0 Å². The van der Waals surface area contributed by atoms with E-state index in [1.165, 1.54) is 0 Å². The van der Waals surface area contributed by atoms with Crippen LogP contribution in [0.25, 0.3) is 0 Å². The second-order valence-corrected chi connectivity index (χ2v) is 8.02. The van der Waals surface area contributed by atoms with Gasteiger partial charge in [0.05, 0.1) is 7.11 Å². The summed E-state index contributed by atoms with van der Waals surface area (Å²) >= 11 is 3.61. The largest absolute Gasteiger partial charge is 0.496 e. The summed E-state index contributed by atoms with van der Waals surface area (Å²) in [6, 6.07) is 6.22. The predicted octanol–water partition coefficient (Wildman–Crippen LogP) is 3.90. The minimum Gasteiger partial charge on any atom is -0.496 e. The van der Waals surface area contributed by atoms with E-state index in [0.717, 1.165) is 28.9 Å². The average Bonchev–Trinajstić information content (AvgIpc) is 2.49. The molecule has 0 bridgehead atoms. The Labute approximate surface area is 153 Å². The number of nitrogens with zero attached hydrogens (tertiary/aromatic N) is 2. The Bertz CT molecular complexity index is 586. The van der Waals surface area contributed by atoms with Gasteiger partial charge in [-0.3, -0.25) is 4.90 Å². The maximum Gasteiger partial charge on any atom is 0.410 e. The highest BCUT2D eigenvalue weighted by molar-refractivity contribution is 9.10. The van der Waals surface area contributed by atoms with Crippen molar-refractivity contribution in [1.29, 1.82) is 0 Å². The Morgan fingerprint density at radius 2 is 2.04 bits per heavy atom. The molecule has 24 heavy (non-hydrogen) atoms. The van der Waals surface area contributed by atoms with Gasteiger partial charge in [0.25, 0.3) is 0 Å². The number of hydrogen-bond donors (Lipinski definition) is 0. The van der Waals surface area contributed by atoms with Crippen molar-refractivity contribution >= 4 is 22.0 Å². The van der Waals surface area contributed by atoms with Crippen molar-refractivity contribution in [2.24, 2.45) is 0 Å². The number of ether oxygens (including phenoxy) is 2. The second-order valence-electron chi connectivity index (χ2n) is 7.17. The molecular formula is C18H27BrN2O3. The van der Waals surface area contributed by atoms with Crippen LogP contribution in [0.2, 0.25) is 0 Å². The number of carbonyl (C=O) groups excluding carboxylic acids is 1. The molecular weight excluding hydrogens is 372 g/mol. The van der Waals surface area contributed by atoms with Crippen LogP contribution >= 0.6 is 15.9 Å². The third-order valence-corrected chi connectivity index (χ3v) is 4.82. The van der Waals surface area contributed by atoms with Crippen LogP contribution in [0.4, 0.5) is 4.79 Å². The standard InChI is InChI=1S/C18H27BrN2O3/c1-13-11-21(17(22)24-18(2,3)4)10-9-20(13)12-14-15(19)7-6-8-16(14)23-5/h6-8,13H,9-12H2,1-5H3/t13-/m0/s1. The molecule has 1 aliphatic rings. The van der Waals surface area contributed by atoms with Crippen LogP contribution in [0.1, 0.15) is 33.3 Å². The van der Waals surface area contributed by atoms with Gasteiger partial charge < -0.3 is 14.4 Å². The zero-order valence-corrected chi connectivity index (χ0v) is 16.7. The van der Waals surface area contributed by atoms with Crippen molar-refractivity contribution in [3.05, 3.63) is 28.2 Å². The minimum absolute atomic E-state index is 0.229. The molecule has 0 N–H and O–H groups in total. The van der Waals surface area contributed by atoms with E-state index in [0.29, 0.717) is 13.1 Å². The molecule has 6 heteroatoms. The van der Waals surface area contributed by atoms with Crippen LogP contribution in [0.3, 0.4) is 0 Å². The first-order valence-corrected chi connectivity index (χ1v) is 9.04. The van der Waals surface area contributed by atoms with Crippen LogP contribution in [-0.4, -0.2) is 54.3 Å². The summed E-state index contributed by atoms with van der Waals surface area (Å²) in [6.45, 7) is 10.8. The molecule has 1 atom stereocenters. The van der Waals surface area contributed by atoms with Crippen molar-refractivity contribution in [2.45, 2.75) is 45.9 Å². The summed E-state index contributed by atoms with van der Waals surface area (Å²) < 4.78 is 12.0. The summed E-state index contributed by atoms with van der Waals surface area (Å²) in [6.07, 6.45) is -0.229. The van der Waals surface area contributed by atoms with Crippen LogP contribution in [0.15, 0.2) is 22.7 Å². The Morgan fingerprint density at radius 1 is 1.33 bits per heavy atom. The smallest absolute Gasteiger partial charge is 0.410 e. The lowest BCUT2D eigenvalue weighted by molar-refractivity contribution is 0.00448. The molecule has 0 saturated carbocycles. The summed E-state index contributed by atoms with van der Waals surface area (Å²) in [5, 5.41) is 0. The van der Waals surface area contributed by atoms with Gasteiger partial charge in [-0.2, -0.15) is 0 Å². The quantitative estimate of drug-likeness (QED) is 0.773. The Hall–Kier alpha value is -1.27. The lowest BCUT2D eigenvalue weighted by atomic mass is 10.1. The molecule has 1 heterocycles. The fourth-order valence-electron chi connectivity index (χ4n) is 2.81. The number of piperazine rings is 1. The molecule has 1 aromatic rings. The number of halogens is 1. The first-order chi connectivity index (χ1) is 11.2. The molecule has 5 nitrogen and oxygen atoms in total. The lowest BCUT2D eigenvalue weighted by Gasteiger charge is -2.40. The molecule has 0 aliphatic carbocycles. The van der Waals surface area contributed by atoms with Crippen molar-refractivity contribution in [3.63, 3.8) is 0 Å². The minimum atomic E-state index is -0.459. The Balaban J connectivity index is 2.01. The van der Waals surface area contributed by atoms with Crippen molar-refractivity contribution in [1.82, 2.24) is 9.80 Å². The number of benzene rings is 1. The van der Waals surface area contributed by atoms with E-state index in [1.807, 2.05) is 39.0 Å². The van der Waals surface area contributed by atoms with Crippen molar-refractivity contribution in [3.8, 4) is 5.75 Å². The van der Waals surface area contributed by atoms with Gasteiger partial charge in [-0.05, 0) is 39.8 Å².